The molecule has 0 fully saturated rings. The molecule has 196 valence electrons. The molecule has 3 aromatic rings. The van der Waals surface area contributed by atoms with Gasteiger partial charge in [-0.15, -0.1) is 11.3 Å². The smallest absolute Gasteiger partial charge is 0.328 e. The summed E-state index contributed by atoms with van der Waals surface area (Å²) in [6.07, 6.45) is 1.15. The van der Waals surface area contributed by atoms with Crippen molar-refractivity contribution in [2.75, 3.05) is 7.11 Å². The first-order valence-corrected chi connectivity index (χ1v) is 13.5. The van der Waals surface area contributed by atoms with Gasteiger partial charge < -0.3 is 10.1 Å². The van der Waals surface area contributed by atoms with E-state index in [0.29, 0.717) is 5.56 Å². The van der Waals surface area contributed by atoms with Gasteiger partial charge in [0.05, 0.1) is 13.0 Å². The van der Waals surface area contributed by atoms with Crippen LogP contribution in [0.3, 0.4) is 0 Å². The predicted molar refractivity (Wildman–Crippen MR) is 135 cm³/mol. The van der Waals surface area contributed by atoms with E-state index >= 15 is 0 Å². The van der Waals surface area contributed by atoms with Gasteiger partial charge in [-0.3, -0.25) is 14.1 Å². The summed E-state index contributed by atoms with van der Waals surface area (Å²) in [6.45, 7) is 0.905. The number of hydrogen-bond acceptors (Lipinski definition) is 8. The molecule has 2 unspecified atom stereocenters. The molecule has 1 heterocycles. The van der Waals surface area contributed by atoms with Crippen LogP contribution in [0.2, 0.25) is 0 Å². The lowest BCUT2D eigenvalue weighted by atomic mass is 9.92. The van der Waals surface area contributed by atoms with Crippen molar-refractivity contribution in [3.63, 3.8) is 0 Å². The van der Waals surface area contributed by atoms with E-state index in [0.717, 1.165) is 30.7 Å². The van der Waals surface area contributed by atoms with Crippen LogP contribution in [0.25, 0.3) is 10.6 Å². The zero-order chi connectivity index (χ0) is 27.2. The van der Waals surface area contributed by atoms with Crippen LogP contribution < -0.4 is 5.32 Å². The number of methoxy groups -OCH3 is 1. The number of halogens is 1. The first kappa shape index (κ1) is 28.1. The van der Waals surface area contributed by atoms with Crippen molar-refractivity contribution in [2.45, 2.75) is 31.1 Å². The van der Waals surface area contributed by atoms with Crippen LogP contribution in [0.5, 0.6) is 0 Å². The van der Waals surface area contributed by atoms with E-state index in [-0.39, 0.29) is 12.0 Å². The molecular weight excluding hydrogens is 523 g/mol. The molecule has 2 N–H and O–H groups in total. The third kappa shape index (κ3) is 7.28. The van der Waals surface area contributed by atoms with Gasteiger partial charge >= 0.3 is 5.97 Å². The Morgan fingerprint density at radius 2 is 1.78 bits per heavy atom. The number of amides is 1. The summed E-state index contributed by atoms with van der Waals surface area (Å²) in [7, 11) is -3.92. The number of Topliss-reactive ketones (excluding diaryl/α,β-unsaturated/α-hetero) is 1. The van der Waals surface area contributed by atoms with Crippen molar-refractivity contribution < 1.29 is 36.5 Å². The SMILES string of the molecule is COC(=O)[C@H](Cc1ccc(-c2nccs2)cc1)NC(=O)C(Cc1ccccc1F)C(C(C)=O)S(=O)(=O)O. The van der Waals surface area contributed by atoms with Gasteiger partial charge in [-0.2, -0.15) is 8.42 Å². The Labute approximate surface area is 217 Å². The predicted octanol–water partition coefficient (Wildman–Crippen LogP) is 2.85. The van der Waals surface area contributed by atoms with Crippen LogP contribution in [-0.4, -0.2) is 54.0 Å². The summed E-state index contributed by atoms with van der Waals surface area (Å²) in [4.78, 5) is 42.2. The third-order valence-electron chi connectivity index (χ3n) is 5.70. The molecule has 1 aromatic heterocycles. The Hall–Kier alpha value is -3.48. The zero-order valence-corrected chi connectivity index (χ0v) is 21.6. The van der Waals surface area contributed by atoms with Crippen molar-refractivity contribution in [1.82, 2.24) is 10.3 Å². The quantitative estimate of drug-likeness (QED) is 0.275. The fraction of sp³-hybridized carbons (Fsp3) is 0.280. The van der Waals surface area contributed by atoms with E-state index in [4.69, 9.17) is 4.74 Å². The van der Waals surface area contributed by atoms with Gasteiger partial charge in [-0.1, -0.05) is 42.5 Å². The summed E-state index contributed by atoms with van der Waals surface area (Å²) in [6, 6.07) is 11.2. The monoisotopic (exact) mass is 548 g/mol. The van der Waals surface area contributed by atoms with E-state index in [9.17, 15) is 31.7 Å². The maximum Gasteiger partial charge on any atom is 0.328 e. The highest BCUT2D eigenvalue weighted by molar-refractivity contribution is 7.87. The summed E-state index contributed by atoms with van der Waals surface area (Å²) in [5.74, 6) is -5.29. The minimum Gasteiger partial charge on any atom is -0.467 e. The maximum atomic E-state index is 14.3. The van der Waals surface area contributed by atoms with Crippen molar-refractivity contribution in [2.24, 2.45) is 5.92 Å². The van der Waals surface area contributed by atoms with Crippen molar-refractivity contribution in [3.8, 4) is 10.6 Å². The molecule has 0 saturated carbocycles. The number of nitrogens with zero attached hydrogens (tertiary/aromatic N) is 1. The average molecular weight is 549 g/mol. The second-order valence-corrected chi connectivity index (χ2v) is 10.7. The molecule has 3 atom stereocenters. The molecule has 37 heavy (non-hydrogen) atoms. The van der Waals surface area contributed by atoms with Crippen molar-refractivity contribution >= 4 is 39.1 Å². The fourth-order valence-electron chi connectivity index (χ4n) is 3.94. The third-order valence-corrected chi connectivity index (χ3v) is 7.82. The molecule has 0 aliphatic heterocycles. The van der Waals surface area contributed by atoms with Crippen LogP contribution in [0.15, 0.2) is 60.1 Å². The van der Waals surface area contributed by atoms with E-state index < -0.39 is 57.2 Å². The number of aromatic nitrogens is 1. The first-order valence-electron chi connectivity index (χ1n) is 11.1. The molecule has 3 rings (SSSR count). The number of esters is 1. The lowest BCUT2D eigenvalue weighted by Gasteiger charge is -2.25. The number of carbonyl (C=O) groups excluding carboxylic acids is 3. The van der Waals surface area contributed by atoms with Crippen LogP contribution in [0, 0.1) is 11.7 Å². The minimum atomic E-state index is -5.04. The molecule has 0 saturated heterocycles. The molecule has 0 bridgehead atoms. The summed E-state index contributed by atoms with van der Waals surface area (Å²) in [5.41, 5.74) is 1.48. The molecular formula is C25H25FN2O7S2. The van der Waals surface area contributed by atoms with Gasteiger partial charge in [0.15, 0.2) is 11.0 Å². The number of benzene rings is 2. The fourth-order valence-corrected chi connectivity index (χ4v) is 5.64. The van der Waals surface area contributed by atoms with Crippen LogP contribution in [0.4, 0.5) is 4.39 Å². The van der Waals surface area contributed by atoms with Crippen LogP contribution in [-0.2, 0) is 42.1 Å². The number of rotatable bonds is 11. The second kappa shape index (κ2) is 12.2. The molecule has 12 heteroatoms. The van der Waals surface area contributed by atoms with Crippen LogP contribution >= 0.6 is 11.3 Å². The molecule has 9 nitrogen and oxygen atoms in total. The van der Waals surface area contributed by atoms with E-state index in [1.807, 2.05) is 5.38 Å². The highest BCUT2D eigenvalue weighted by atomic mass is 32.2. The lowest BCUT2D eigenvalue weighted by molar-refractivity contribution is -0.145. The Bertz CT molecular complexity index is 1360. The zero-order valence-electron chi connectivity index (χ0n) is 20.0. The maximum absolute atomic E-state index is 14.3. The molecule has 0 spiro atoms. The van der Waals surface area contributed by atoms with Gasteiger partial charge in [-0.05, 0) is 30.5 Å². The van der Waals surface area contributed by atoms with E-state index in [2.05, 4.69) is 10.3 Å². The number of ketones is 1. The summed E-state index contributed by atoms with van der Waals surface area (Å²) in [5, 5.41) is 2.91. The average Bonchev–Trinajstić information content (AvgIpc) is 3.38. The number of hydrogen-bond donors (Lipinski definition) is 2. The van der Waals surface area contributed by atoms with E-state index in [1.165, 1.54) is 29.5 Å². The number of ether oxygens (including phenoxy) is 1. The number of nitrogens with one attached hydrogen (secondary N) is 1. The Balaban J connectivity index is 1.89. The van der Waals surface area contributed by atoms with E-state index in [1.54, 1.807) is 30.5 Å². The van der Waals surface area contributed by atoms with Gasteiger partial charge in [-0.25, -0.2) is 14.2 Å². The van der Waals surface area contributed by atoms with Crippen molar-refractivity contribution in [3.05, 3.63) is 77.1 Å². The standard InChI is InChI=1S/C25H25FN2O7S2/c1-15(29)22(37(32,33)34)19(14-18-5-3-4-6-20(18)26)23(30)28-21(25(31)35-2)13-16-7-9-17(10-8-16)24-27-11-12-36-24/h3-12,19,21-22H,13-14H2,1-2H3,(H,28,30)(H,32,33,34)/t19?,21-,22?/m0/s1. The lowest BCUT2D eigenvalue weighted by Crippen LogP contribution is -2.51. The van der Waals surface area contributed by atoms with Gasteiger partial charge in [0, 0.05) is 23.6 Å². The number of thiazole rings is 1. The van der Waals surface area contributed by atoms with Gasteiger partial charge in [0.1, 0.15) is 16.9 Å². The molecule has 2 aromatic carbocycles. The molecule has 0 radical (unpaired) electrons. The first-order chi connectivity index (χ1) is 17.5. The van der Waals surface area contributed by atoms with Crippen LogP contribution in [0.1, 0.15) is 18.1 Å². The van der Waals surface area contributed by atoms with Gasteiger partial charge in [0.2, 0.25) is 5.91 Å². The molecule has 0 aliphatic carbocycles. The molecule has 1 amide bonds. The Morgan fingerprint density at radius 1 is 1.11 bits per heavy atom. The summed E-state index contributed by atoms with van der Waals surface area (Å²) >= 11 is 1.46. The second-order valence-electron chi connectivity index (χ2n) is 8.27. The van der Waals surface area contributed by atoms with Crippen molar-refractivity contribution in [1.29, 1.82) is 0 Å². The Morgan fingerprint density at radius 3 is 2.32 bits per heavy atom. The highest BCUT2D eigenvalue weighted by Crippen LogP contribution is 2.24. The Kier molecular flexibility index (Phi) is 9.24. The number of carbonyl (C=O) groups is 3. The largest absolute Gasteiger partial charge is 0.467 e. The highest BCUT2D eigenvalue weighted by Gasteiger charge is 2.42. The van der Waals surface area contributed by atoms with Gasteiger partial charge in [0.25, 0.3) is 10.1 Å². The molecule has 0 aliphatic rings. The minimum absolute atomic E-state index is 0.0143. The summed E-state index contributed by atoms with van der Waals surface area (Å²) < 4.78 is 53.0. The normalized spacial score (nSPS) is 13.8. The topological polar surface area (TPSA) is 140 Å².